The molecule has 4 heteroatoms. The molecular weight excluding hydrogens is 254 g/mol. The molecule has 1 nitrogen and oxygen atoms in total. The highest BCUT2D eigenvalue weighted by atomic mass is 35.5. The molecule has 0 saturated heterocycles. The zero-order valence-electron chi connectivity index (χ0n) is 8.27. The number of hydrogen-bond acceptors (Lipinski definition) is 1. The van der Waals surface area contributed by atoms with E-state index in [0.29, 0.717) is 26.2 Å². The molecule has 0 aliphatic heterocycles. The van der Waals surface area contributed by atoms with Crippen molar-refractivity contribution in [3.05, 3.63) is 38.3 Å². The van der Waals surface area contributed by atoms with Crippen molar-refractivity contribution in [3.8, 4) is 0 Å². The van der Waals surface area contributed by atoms with E-state index in [1.54, 1.807) is 25.1 Å². The summed E-state index contributed by atoms with van der Waals surface area (Å²) in [7, 11) is 0. The Morgan fingerprint density at radius 3 is 2.20 bits per heavy atom. The number of hydrogen-bond donors (Lipinski definition) is 0. The standard InChI is InChI=1S/C11H9Cl3O/c1-6(7(2)15)5-8-9(12)3-4-10(13)11(8)14/h3-5H,1-2H3/b6-5+. The van der Waals surface area contributed by atoms with Crippen LogP contribution in [-0.4, -0.2) is 5.78 Å². The van der Waals surface area contributed by atoms with Crippen LogP contribution in [0.5, 0.6) is 0 Å². The Labute approximate surface area is 104 Å². The Morgan fingerprint density at radius 2 is 1.67 bits per heavy atom. The first-order valence-electron chi connectivity index (χ1n) is 4.26. The predicted molar refractivity (Wildman–Crippen MR) is 65.8 cm³/mol. The second-order valence-corrected chi connectivity index (χ2v) is 4.33. The molecule has 1 aromatic carbocycles. The SMILES string of the molecule is CC(=O)/C(C)=C/c1c(Cl)ccc(Cl)c1Cl. The van der Waals surface area contributed by atoms with Crippen molar-refractivity contribution >= 4 is 46.7 Å². The molecule has 0 amide bonds. The molecule has 0 saturated carbocycles. The van der Waals surface area contributed by atoms with Crippen molar-refractivity contribution in [1.29, 1.82) is 0 Å². The van der Waals surface area contributed by atoms with Crippen LogP contribution in [0, 0.1) is 0 Å². The average molecular weight is 264 g/mol. The van der Waals surface area contributed by atoms with Gasteiger partial charge in [0, 0.05) is 10.6 Å². The van der Waals surface area contributed by atoms with Crippen molar-refractivity contribution < 1.29 is 4.79 Å². The Bertz CT molecular complexity index is 436. The molecule has 0 aliphatic rings. The number of ketones is 1. The molecule has 0 spiro atoms. The number of benzene rings is 1. The van der Waals surface area contributed by atoms with Gasteiger partial charge in [0.05, 0.1) is 10.0 Å². The molecule has 0 bridgehead atoms. The highest BCUT2D eigenvalue weighted by molar-refractivity contribution is 6.44. The minimum atomic E-state index is -0.0258. The molecule has 0 radical (unpaired) electrons. The van der Waals surface area contributed by atoms with Gasteiger partial charge in [-0.1, -0.05) is 34.8 Å². The highest BCUT2D eigenvalue weighted by Gasteiger charge is 2.08. The van der Waals surface area contributed by atoms with Gasteiger partial charge < -0.3 is 0 Å². The maximum Gasteiger partial charge on any atom is 0.155 e. The molecule has 80 valence electrons. The van der Waals surface area contributed by atoms with Crippen molar-refractivity contribution in [3.63, 3.8) is 0 Å². The predicted octanol–water partition coefficient (Wildman–Crippen LogP) is 4.64. The van der Waals surface area contributed by atoms with Gasteiger partial charge in [-0.3, -0.25) is 4.79 Å². The number of Topliss-reactive ketones (excluding diaryl/α,β-unsaturated/α-hetero) is 1. The minimum Gasteiger partial charge on any atom is -0.295 e. The van der Waals surface area contributed by atoms with Crippen LogP contribution in [0.15, 0.2) is 17.7 Å². The van der Waals surface area contributed by atoms with Gasteiger partial charge in [-0.15, -0.1) is 0 Å². The summed E-state index contributed by atoms with van der Waals surface area (Å²) in [5, 5.41) is 1.26. The fourth-order valence-electron chi connectivity index (χ4n) is 0.993. The maximum atomic E-state index is 11.1. The Hall–Kier alpha value is -0.500. The van der Waals surface area contributed by atoms with Gasteiger partial charge in [0.1, 0.15) is 0 Å². The van der Waals surface area contributed by atoms with E-state index in [4.69, 9.17) is 34.8 Å². The summed E-state index contributed by atoms with van der Waals surface area (Å²) in [6.07, 6.45) is 1.64. The third kappa shape index (κ3) is 2.97. The molecular formula is C11H9Cl3O. The first-order chi connectivity index (χ1) is 6.93. The third-order valence-electron chi connectivity index (χ3n) is 2.00. The van der Waals surface area contributed by atoms with Crippen molar-refractivity contribution in [2.75, 3.05) is 0 Å². The van der Waals surface area contributed by atoms with Crippen molar-refractivity contribution in [1.82, 2.24) is 0 Å². The molecule has 0 unspecified atom stereocenters. The molecule has 0 aliphatic carbocycles. The lowest BCUT2D eigenvalue weighted by molar-refractivity contribution is -0.113. The van der Waals surface area contributed by atoms with E-state index >= 15 is 0 Å². The molecule has 0 heterocycles. The number of rotatable bonds is 2. The highest BCUT2D eigenvalue weighted by Crippen LogP contribution is 2.32. The van der Waals surface area contributed by atoms with E-state index in [2.05, 4.69) is 0 Å². The van der Waals surface area contributed by atoms with Crippen LogP contribution in [0.25, 0.3) is 6.08 Å². The quantitative estimate of drug-likeness (QED) is 0.561. The fourth-order valence-corrected chi connectivity index (χ4v) is 1.64. The number of allylic oxidation sites excluding steroid dienone is 1. The molecule has 0 atom stereocenters. The maximum absolute atomic E-state index is 11.1. The van der Waals surface area contributed by atoms with Crippen LogP contribution in [0.4, 0.5) is 0 Å². The molecule has 0 fully saturated rings. The van der Waals surface area contributed by atoms with Crippen LogP contribution in [0.3, 0.4) is 0 Å². The Balaban J connectivity index is 3.32. The third-order valence-corrected chi connectivity index (χ3v) is 3.14. The van der Waals surface area contributed by atoms with Gasteiger partial charge >= 0.3 is 0 Å². The molecule has 1 rings (SSSR count). The Morgan fingerprint density at radius 1 is 1.13 bits per heavy atom. The first kappa shape index (κ1) is 12.6. The van der Waals surface area contributed by atoms with E-state index in [1.807, 2.05) is 0 Å². The molecule has 0 N–H and O–H groups in total. The monoisotopic (exact) mass is 262 g/mol. The smallest absolute Gasteiger partial charge is 0.155 e. The number of carbonyl (C=O) groups excluding carboxylic acids is 1. The summed E-state index contributed by atoms with van der Waals surface area (Å²) >= 11 is 17.8. The van der Waals surface area contributed by atoms with E-state index in [1.165, 1.54) is 6.92 Å². The molecule has 1 aromatic rings. The zero-order valence-corrected chi connectivity index (χ0v) is 10.5. The number of halogens is 3. The summed E-state index contributed by atoms with van der Waals surface area (Å²) in [4.78, 5) is 11.1. The van der Waals surface area contributed by atoms with Crippen molar-refractivity contribution in [2.24, 2.45) is 0 Å². The van der Waals surface area contributed by atoms with Gasteiger partial charge in [0.15, 0.2) is 5.78 Å². The summed E-state index contributed by atoms with van der Waals surface area (Å²) in [5.74, 6) is -0.0258. The lowest BCUT2D eigenvalue weighted by atomic mass is 10.1. The van der Waals surface area contributed by atoms with Gasteiger partial charge in [-0.05, 0) is 37.6 Å². The summed E-state index contributed by atoms with van der Waals surface area (Å²) in [6, 6.07) is 3.27. The van der Waals surface area contributed by atoms with Gasteiger partial charge in [-0.2, -0.15) is 0 Å². The van der Waals surface area contributed by atoms with Crippen LogP contribution in [-0.2, 0) is 4.79 Å². The number of carbonyl (C=O) groups is 1. The van der Waals surface area contributed by atoms with Crippen LogP contribution >= 0.6 is 34.8 Å². The first-order valence-corrected chi connectivity index (χ1v) is 5.39. The van der Waals surface area contributed by atoms with Gasteiger partial charge in [-0.25, -0.2) is 0 Å². The largest absolute Gasteiger partial charge is 0.295 e. The second kappa shape index (κ2) is 5.02. The topological polar surface area (TPSA) is 17.1 Å². The minimum absolute atomic E-state index is 0.0258. The van der Waals surface area contributed by atoms with Gasteiger partial charge in [0.25, 0.3) is 0 Å². The van der Waals surface area contributed by atoms with E-state index in [-0.39, 0.29) is 5.78 Å². The van der Waals surface area contributed by atoms with E-state index in [0.717, 1.165) is 0 Å². The molecule has 15 heavy (non-hydrogen) atoms. The normalized spacial score (nSPS) is 11.7. The second-order valence-electron chi connectivity index (χ2n) is 3.14. The zero-order chi connectivity index (χ0) is 11.6. The summed E-state index contributed by atoms with van der Waals surface area (Å²) in [6.45, 7) is 3.19. The van der Waals surface area contributed by atoms with Crippen LogP contribution in [0.1, 0.15) is 19.4 Å². The van der Waals surface area contributed by atoms with Crippen LogP contribution < -0.4 is 0 Å². The average Bonchev–Trinajstić information content (AvgIpc) is 2.18. The van der Waals surface area contributed by atoms with Crippen molar-refractivity contribution in [2.45, 2.75) is 13.8 Å². The van der Waals surface area contributed by atoms with E-state index in [9.17, 15) is 4.79 Å². The van der Waals surface area contributed by atoms with E-state index < -0.39 is 0 Å². The Kier molecular flexibility index (Phi) is 4.21. The molecule has 0 aromatic heterocycles. The summed E-state index contributed by atoms with van der Waals surface area (Å²) in [5.41, 5.74) is 1.17. The fraction of sp³-hybridized carbons (Fsp3) is 0.182. The lowest BCUT2D eigenvalue weighted by Crippen LogP contribution is -1.91. The van der Waals surface area contributed by atoms with Crippen LogP contribution in [0.2, 0.25) is 15.1 Å². The lowest BCUT2D eigenvalue weighted by Gasteiger charge is -2.04. The summed E-state index contributed by atoms with van der Waals surface area (Å²) < 4.78 is 0. The van der Waals surface area contributed by atoms with Gasteiger partial charge in [0.2, 0.25) is 0 Å².